The van der Waals surface area contributed by atoms with Crippen LogP contribution in [0, 0.1) is 0 Å². The molecule has 108 valence electrons. The van der Waals surface area contributed by atoms with Crippen LogP contribution in [0.15, 0.2) is 18.2 Å². The van der Waals surface area contributed by atoms with Gasteiger partial charge in [0.25, 0.3) is 0 Å². The second-order valence-electron chi connectivity index (χ2n) is 3.84. The zero-order valence-electron chi connectivity index (χ0n) is 10.6. The molecule has 0 amide bonds. The van der Waals surface area contributed by atoms with Crippen LogP contribution in [0.4, 0.5) is 17.6 Å². The van der Waals surface area contributed by atoms with Crippen molar-refractivity contribution in [1.29, 1.82) is 0 Å². The number of halogens is 4. The Labute approximate surface area is 108 Å². The van der Waals surface area contributed by atoms with Crippen molar-refractivity contribution in [2.45, 2.75) is 18.9 Å². The molecule has 0 aliphatic rings. The minimum absolute atomic E-state index is 0.00449. The monoisotopic (exact) mass is 281 g/mol. The Hall–Kier alpha value is -1.50. The van der Waals surface area contributed by atoms with Gasteiger partial charge in [-0.3, -0.25) is 0 Å². The van der Waals surface area contributed by atoms with Gasteiger partial charge in [0.05, 0.1) is 20.8 Å². The molecule has 0 saturated heterocycles. The number of ether oxygens (including phenoxy) is 2. The second kappa shape index (κ2) is 6.60. The van der Waals surface area contributed by atoms with Gasteiger partial charge in [-0.2, -0.15) is 8.78 Å². The molecule has 0 spiro atoms. The van der Waals surface area contributed by atoms with E-state index in [0.717, 1.165) is 0 Å². The molecule has 0 unspecified atom stereocenters. The highest BCUT2D eigenvalue weighted by molar-refractivity contribution is 5.40. The van der Waals surface area contributed by atoms with Crippen molar-refractivity contribution >= 4 is 0 Å². The third-order valence-electron chi connectivity index (χ3n) is 2.49. The number of nitrogens with one attached hydrogen (secondary N) is 1. The summed E-state index contributed by atoms with van der Waals surface area (Å²) in [5.74, 6) is -3.05. The van der Waals surface area contributed by atoms with Gasteiger partial charge < -0.3 is 14.8 Å². The third-order valence-corrected chi connectivity index (χ3v) is 2.49. The zero-order chi connectivity index (χ0) is 14.5. The van der Waals surface area contributed by atoms with E-state index in [4.69, 9.17) is 9.47 Å². The van der Waals surface area contributed by atoms with Crippen LogP contribution in [0.25, 0.3) is 0 Å². The first kappa shape index (κ1) is 15.6. The molecule has 1 aromatic rings. The van der Waals surface area contributed by atoms with Gasteiger partial charge in [-0.25, -0.2) is 8.78 Å². The first-order valence-electron chi connectivity index (χ1n) is 5.48. The van der Waals surface area contributed by atoms with Gasteiger partial charge in [0.1, 0.15) is 11.5 Å². The molecule has 0 saturated carbocycles. The Morgan fingerprint density at radius 3 is 2.42 bits per heavy atom. The van der Waals surface area contributed by atoms with E-state index in [-0.39, 0.29) is 6.54 Å². The van der Waals surface area contributed by atoms with Crippen LogP contribution < -0.4 is 14.8 Å². The third kappa shape index (κ3) is 4.27. The van der Waals surface area contributed by atoms with E-state index in [1.54, 1.807) is 18.2 Å². The fourth-order valence-corrected chi connectivity index (χ4v) is 1.44. The number of alkyl halides is 4. The molecular formula is C12H15F4NO2. The van der Waals surface area contributed by atoms with Crippen LogP contribution in [0.1, 0.15) is 5.56 Å². The number of methoxy groups -OCH3 is 2. The van der Waals surface area contributed by atoms with E-state index >= 15 is 0 Å². The van der Waals surface area contributed by atoms with E-state index in [0.29, 0.717) is 17.1 Å². The van der Waals surface area contributed by atoms with Crippen molar-refractivity contribution in [2.75, 3.05) is 20.8 Å². The number of benzene rings is 1. The van der Waals surface area contributed by atoms with Gasteiger partial charge in [-0.05, 0) is 6.07 Å². The van der Waals surface area contributed by atoms with Gasteiger partial charge in [0.15, 0.2) is 0 Å². The highest BCUT2D eigenvalue weighted by atomic mass is 19.3. The minimum Gasteiger partial charge on any atom is -0.497 e. The molecule has 0 aliphatic carbocycles. The van der Waals surface area contributed by atoms with Gasteiger partial charge in [-0.1, -0.05) is 6.07 Å². The van der Waals surface area contributed by atoms with Crippen LogP contribution in [0.3, 0.4) is 0 Å². The minimum atomic E-state index is -4.04. The summed E-state index contributed by atoms with van der Waals surface area (Å²) >= 11 is 0. The SMILES string of the molecule is COc1ccc(CNCC(F)(F)C(F)F)c(OC)c1. The smallest absolute Gasteiger partial charge is 0.319 e. The summed E-state index contributed by atoms with van der Waals surface area (Å²) in [5, 5.41) is 2.28. The molecule has 0 heterocycles. The highest BCUT2D eigenvalue weighted by Crippen LogP contribution is 2.25. The molecule has 0 aromatic heterocycles. The van der Waals surface area contributed by atoms with Crippen molar-refractivity contribution in [1.82, 2.24) is 5.32 Å². The fourth-order valence-electron chi connectivity index (χ4n) is 1.44. The Morgan fingerprint density at radius 2 is 1.89 bits per heavy atom. The lowest BCUT2D eigenvalue weighted by molar-refractivity contribution is -0.125. The van der Waals surface area contributed by atoms with Crippen molar-refractivity contribution in [2.24, 2.45) is 0 Å². The number of rotatable bonds is 7. The lowest BCUT2D eigenvalue weighted by Gasteiger charge is -2.16. The predicted molar refractivity (Wildman–Crippen MR) is 62.2 cm³/mol. The summed E-state index contributed by atoms with van der Waals surface area (Å²) in [5.41, 5.74) is 0.577. The van der Waals surface area contributed by atoms with Crippen LogP contribution in [-0.4, -0.2) is 33.1 Å². The fraction of sp³-hybridized carbons (Fsp3) is 0.500. The molecule has 0 aliphatic heterocycles. The Balaban J connectivity index is 2.63. The molecular weight excluding hydrogens is 266 g/mol. The summed E-state index contributed by atoms with van der Waals surface area (Å²) in [6.45, 7) is -1.10. The maximum Gasteiger partial charge on any atom is 0.319 e. The summed E-state index contributed by atoms with van der Waals surface area (Å²) in [7, 11) is 2.90. The van der Waals surface area contributed by atoms with Gasteiger partial charge in [-0.15, -0.1) is 0 Å². The largest absolute Gasteiger partial charge is 0.497 e. The lowest BCUT2D eigenvalue weighted by atomic mass is 10.2. The van der Waals surface area contributed by atoms with Gasteiger partial charge in [0.2, 0.25) is 0 Å². The normalized spacial score (nSPS) is 11.7. The van der Waals surface area contributed by atoms with Crippen molar-refractivity contribution in [3.05, 3.63) is 23.8 Å². The molecule has 7 heteroatoms. The van der Waals surface area contributed by atoms with E-state index in [2.05, 4.69) is 5.32 Å². The molecule has 1 aromatic carbocycles. The van der Waals surface area contributed by atoms with Crippen molar-refractivity contribution < 1.29 is 27.0 Å². The maximum atomic E-state index is 12.7. The Morgan fingerprint density at radius 1 is 1.21 bits per heavy atom. The van der Waals surface area contributed by atoms with E-state index < -0.39 is 18.9 Å². The molecule has 0 atom stereocenters. The molecule has 0 radical (unpaired) electrons. The molecule has 0 fully saturated rings. The number of hydrogen-bond acceptors (Lipinski definition) is 3. The quantitative estimate of drug-likeness (QED) is 0.779. The van der Waals surface area contributed by atoms with Crippen LogP contribution in [0.2, 0.25) is 0 Å². The number of hydrogen-bond donors (Lipinski definition) is 1. The summed E-state index contributed by atoms with van der Waals surface area (Å²) < 4.78 is 59.3. The highest BCUT2D eigenvalue weighted by Gasteiger charge is 2.39. The first-order valence-corrected chi connectivity index (χ1v) is 5.48. The van der Waals surface area contributed by atoms with Crippen molar-refractivity contribution in [3.63, 3.8) is 0 Å². The predicted octanol–water partition coefficient (Wildman–Crippen LogP) is 2.69. The lowest BCUT2D eigenvalue weighted by Crippen LogP contribution is -2.38. The van der Waals surface area contributed by atoms with Gasteiger partial charge in [0, 0.05) is 18.2 Å². The average Bonchev–Trinajstić information content (AvgIpc) is 2.38. The average molecular weight is 281 g/mol. The zero-order valence-corrected chi connectivity index (χ0v) is 10.6. The van der Waals surface area contributed by atoms with Crippen molar-refractivity contribution in [3.8, 4) is 11.5 Å². The van der Waals surface area contributed by atoms with Gasteiger partial charge >= 0.3 is 12.3 Å². The van der Waals surface area contributed by atoms with Crippen LogP contribution in [0.5, 0.6) is 11.5 Å². The van der Waals surface area contributed by atoms with Crippen LogP contribution in [-0.2, 0) is 6.54 Å². The topological polar surface area (TPSA) is 30.5 Å². The first-order chi connectivity index (χ1) is 8.90. The van der Waals surface area contributed by atoms with E-state index in [1.807, 2.05) is 0 Å². The molecule has 1 N–H and O–H groups in total. The van der Waals surface area contributed by atoms with E-state index in [1.165, 1.54) is 14.2 Å². The van der Waals surface area contributed by atoms with E-state index in [9.17, 15) is 17.6 Å². The maximum absolute atomic E-state index is 12.7. The molecule has 1 rings (SSSR count). The Bertz CT molecular complexity index is 413. The summed E-state index contributed by atoms with van der Waals surface area (Å²) in [4.78, 5) is 0. The summed E-state index contributed by atoms with van der Waals surface area (Å²) in [6.07, 6.45) is -3.68. The molecule has 0 bridgehead atoms. The summed E-state index contributed by atoms with van der Waals surface area (Å²) in [6, 6.07) is 4.83. The van der Waals surface area contributed by atoms with Crippen LogP contribution >= 0.6 is 0 Å². The molecule has 3 nitrogen and oxygen atoms in total. The standard InChI is InChI=1S/C12H15F4NO2/c1-18-9-4-3-8(10(5-9)19-2)6-17-7-12(15,16)11(13)14/h3-5,11,17H,6-7H2,1-2H3. The Kier molecular flexibility index (Phi) is 5.41. The second-order valence-corrected chi connectivity index (χ2v) is 3.84. The molecule has 19 heavy (non-hydrogen) atoms.